The summed E-state index contributed by atoms with van der Waals surface area (Å²) in [5.74, 6) is 0.869. The Morgan fingerprint density at radius 3 is 2.32 bits per heavy atom. The van der Waals surface area contributed by atoms with Crippen molar-refractivity contribution in [3.63, 3.8) is 0 Å². The van der Waals surface area contributed by atoms with Gasteiger partial charge in [-0.05, 0) is 49.3 Å². The van der Waals surface area contributed by atoms with Crippen LogP contribution in [0.2, 0.25) is 0 Å². The number of nitrogens with one attached hydrogen (secondary N) is 1. The lowest BCUT2D eigenvalue weighted by atomic mass is 9.86. The van der Waals surface area contributed by atoms with Gasteiger partial charge < -0.3 is 5.32 Å². The number of hydrogen-bond acceptors (Lipinski definition) is 2. The van der Waals surface area contributed by atoms with Crippen LogP contribution in [-0.2, 0) is 0 Å². The molecule has 2 aliphatic rings. The lowest BCUT2D eigenvalue weighted by Gasteiger charge is -2.39. The molecule has 4 heteroatoms. The fourth-order valence-corrected chi connectivity index (χ4v) is 4.08. The molecule has 1 aliphatic heterocycles. The molecule has 0 radical (unpaired) electrons. The first-order valence-corrected chi connectivity index (χ1v) is 8.28. The second-order valence-corrected chi connectivity index (χ2v) is 6.56. The summed E-state index contributed by atoms with van der Waals surface area (Å²) < 4.78 is 0. The van der Waals surface area contributed by atoms with Crippen LogP contribution in [0.25, 0.3) is 0 Å². The molecule has 0 unspecified atom stereocenters. The molecule has 1 heterocycles. The largest absolute Gasteiger partial charge is 0.314 e. The Kier molecular flexibility index (Phi) is 8.20. The van der Waals surface area contributed by atoms with Crippen LogP contribution in [0.15, 0.2) is 18.2 Å². The Bertz CT molecular complexity index is 452. The zero-order valence-electron chi connectivity index (χ0n) is 13.8. The van der Waals surface area contributed by atoms with Crippen LogP contribution in [0.1, 0.15) is 48.4 Å². The molecule has 1 saturated carbocycles. The van der Waals surface area contributed by atoms with E-state index in [-0.39, 0.29) is 24.8 Å². The number of rotatable bonds is 3. The highest BCUT2D eigenvalue weighted by atomic mass is 35.5. The van der Waals surface area contributed by atoms with Crippen molar-refractivity contribution < 1.29 is 0 Å². The number of aryl methyl sites for hydroxylation is 1. The van der Waals surface area contributed by atoms with Crippen molar-refractivity contribution in [2.75, 3.05) is 26.2 Å². The summed E-state index contributed by atoms with van der Waals surface area (Å²) in [4.78, 5) is 2.74. The van der Waals surface area contributed by atoms with Crippen LogP contribution in [0.5, 0.6) is 0 Å². The van der Waals surface area contributed by atoms with Crippen molar-refractivity contribution >= 4 is 24.8 Å². The molecular weight excluding hydrogens is 315 g/mol. The molecule has 126 valence electrons. The van der Waals surface area contributed by atoms with Crippen molar-refractivity contribution in [1.29, 1.82) is 0 Å². The van der Waals surface area contributed by atoms with Crippen LogP contribution in [0.3, 0.4) is 0 Å². The lowest BCUT2D eigenvalue weighted by molar-refractivity contribution is 0.125. The number of piperazine rings is 1. The van der Waals surface area contributed by atoms with E-state index in [2.05, 4.69) is 42.3 Å². The summed E-state index contributed by atoms with van der Waals surface area (Å²) in [6, 6.07) is 7.54. The van der Waals surface area contributed by atoms with Gasteiger partial charge in [0.15, 0.2) is 0 Å². The van der Waals surface area contributed by atoms with Crippen molar-refractivity contribution in [2.24, 2.45) is 5.92 Å². The van der Waals surface area contributed by atoms with E-state index in [4.69, 9.17) is 0 Å². The highest BCUT2D eigenvalue weighted by Gasteiger charge is 2.32. The molecule has 1 aromatic carbocycles. The maximum Gasteiger partial charge on any atom is 0.0380 e. The number of hydrogen-bond donors (Lipinski definition) is 1. The van der Waals surface area contributed by atoms with Gasteiger partial charge in [0.2, 0.25) is 0 Å². The van der Waals surface area contributed by atoms with Gasteiger partial charge in [0.05, 0.1) is 0 Å². The summed E-state index contributed by atoms with van der Waals surface area (Å²) in [5.41, 5.74) is 4.56. The van der Waals surface area contributed by atoms with E-state index in [1.54, 1.807) is 5.56 Å². The van der Waals surface area contributed by atoms with Gasteiger partial charge in [0.1, 0.15) is 0 Å². The maximum atomic E-state index is 3.50. The Balaban J connectivity index is 0.00000121. The Morgan fingerprint density at radius 2 is 1.68 bits per heavy atom. The van der Waals surface area contributed by atoms with E-state index < -0.39 is 0 Å². The minimum absolute atomic E-state index is 0. The van der Waals surface area contributed by atoms with Crippen LogP contribution in [0, 0.1) is 19.8 Å². The highest BCUT2D eigenvalue weighted by molar-refractivity contribution is 5.85. The predicted octanol–water partition coefficient (Wildman–Crippen LogP) is 4.28. The minimum atomic E-state index is 0. The van der Waals surface area contributed by atoms with Crippen molar-refractivity contribution in [1.82, 2.24) is 10.2 Å². The smallest absolute Gasteiger partial charge is 0.0380 e. The molecule has 0 amide bonds. The van der Waals surface area contributed by atoms with Gasteiger partial charge in [0.25, 0.3) is 0 Å². The van der Waals surface area contributed by atoms with Crippen LogP contribution in [0.4, 0.5) is 0 Å². The SMILES string of the molecule is Cc1cccc([C@H](C2CCCC2)N2CCNCC2)c1C.Cl.Cl. The van der Waals surface area contributed by atoms with Gasteiger partial charge in [-0.15, -0.1) is 24.8 Å². The van der Waals surface area contributed by atoms with E-state index in [0.29, 0.717) is 6.04 Å². The van der Waals surface area contributed by atoms with E-state index in [0.717, 1.165) is 19.0 Å². The van der Waals surface area contributed by atoms with E-state index >= 15 is 0 Å². The predicted molar refractivity (Wildman–Crippen MR) is 99.6 cm³/mol. The van der Waals surface area contributed by atoms with Crippen molar-refractivity contribution in [3.05, 3.63) is 34.9 Å². The Morgan fingerprint density at radius 1 is 1.05 bits per heavy atom. The molecule has 3 rings (SSSR count). The number of benzene rings is 1. The molecule has 1 aromatic rings. The third-order valence-corrected chi connectivity index (χ3v) is 5.36. The lowest BCUT2D eigenvalue weighted by Crippen LogP contribution is -2.46. The molecule has 0 aromatic heterocycles. The first-order valence-electron chi connectivity index (χ1n) is 8.28. The molecule has 2 nitrogen and oxygen atoms in total. The fraction of sp³-hybridized carbons (Fsp3) is 0.667. The molecule has 1 atom stereocenters. The summed E-state index contributed by atoms with van der Waals surface area (Å²) in [7, 11) is 0. The molecule has 0 bridgehead atoms. The first kappa shape index (κ1) is 19.8. The quantitative estimate of drug-likeness (QED) is 0.879. The third kappa shape index (κ3) is 4.17. The van der Waals surface area contributed by atoms with Gasteiger partial charge in [0, 0.05) is 32.2 Å². The zero-order valence-corrected chi connectivity index (χ0v) is 15.4. The summed E-state index contributed by atoms with van der Waals surface area (Å²) >= 11 is 0. The minimum Gasteiger partial charge on any atom is -0.314 e. The molecule has 0 spiro atoms. The average Bonchev–Trinajstić information content (AvgIpc) is 2.99. The molecule has 1 aliphatic carbocycles. The van der Waals surface area contributed by atoms with E-state index in [1.165, 1.54) is 49.9 Å². The van der Waals surface area contributed by atoms with Crippen LogP contribution < -0.4 is 5.32 Å². The van der Waals surface area contributed by atoms with Gasteiger partial charge in [-0.25, -0.2) is 0 Å². The topological polar surface area (TPSA) is 15.3 Å². The first-order chi connectivity index (χ1) is 9.77. The zero-order chi connectivity index (χ0) is 13.9. The van der Waals surface area contributed by atoms with Crippen molar-refractivity contribution in [2.45, 2.75) is 45.6 Å². The monoisotopic (exact) mass is 344 g/mol. The third-order valence-electron chi connectivity index (χ3n) is 5.36. The molecule has 22 heavy (non-hydrogen) atoms. The molecule has 2 fully saturated rings. The average molecular weight is 345 g/mol. The maximum absolute atomic E-state index is 3.50. The van der Waals surface area contributed by atoms with E-state index in [9.17, 15) is 0 Å². The van der Waals surface area contributed by atoms with Crippen LogP contribution in [-0.4, -0.2) is 31.1 Å². The standard InChI is InChI=1S/C18H28N2.2ClH/c1-14-6-5-9-17(15(14)2)18(16-7-3-4-8-16)20-12-10-19-11-13-20;;/h5-6,9,16,18-19H,3-4,7-8,10-13H2,1-2H3;2*1H/t18-;;/m0../s1. The second kappa shape index (κ2) is 9.12. The Labute approximate surface area is 147 Å². The number of halogens is 2. The van der Waals surface area contributed by atoms with Gasteiger partial charge >= 0.3 is 0 Å². The number of nitrogens with zero attached hydrogens (tertiary/aromatic N) is 1. The molecule has 1 N–H and O–H groups in total. The van der Waals surface area contributed by atoms with E-state index in [1.807, 2.05) is 0 Å². The van der Waals surface area contributed by atoms with Gasteiger partial charge in [-0.3, -0.25) is 4.90 Å². The fourth-order valence-electron chi connectivity index (χ4n) is 4.08. The normalized spacial score (nSPS) is 21.0. The molecular formula is C18H30Cl2N2. The van der Waals surface area contributed by atoms with Crippen LogP contribution >= 0.6 is 24.8 Å². The summed E-state index contributed by atoms with van der Waals surface area (Å²) in [6.07, 6.45) is 5.69. The van der Waals surface area contributed by atoms with Gasteiger partial charge in [-0.2, -0.15) is 0 Å². The highest BCUT2D eigenvalue weighted by Crippen LogP contribution is 2.41. The Hall–Kier alpha value is -0.280. The molecule has 1 saturated heterocycles. The summed E-state index contributed by atoms with van der Waals surface area (Å²) in [5, 5.41) is 3.50. The second-order valence-electron chi connectivity index (χ2n) is 6.56. The summed E-state index contributed by atoms with van der Waals surface area (Å²) in [6.45, 7) is 9.27. The van der Waals surface area contributed by atoms with Crippen molar-refractivity contribution in [3.8, 4) is 0 Å². The van der Waals surface area contributed by atoms with Gasteiger partial charge in [-0.1, -0.05) is 31.0 Å².